The van der Waals surface area contributed by atoms with Crippen molar-refractivity contribution in [3.8, 4) is 11.4 Å². The highest BCUT2D eigenvalue weighted by molar-refractivity contribution is 5.93. The van der Waals surface area contributed by atoms with Gasteiger partial charge in [-0.25, -0.2) is 0 Å². The van der Waals surface area contributed by atoms with Gasteiger partial charge in [0.15, 0.2) is 0 Å². The number of amides is 1. The van der Waals surface area contributed by atoms with E-state index in [1.165, 1.54) is 11.1 Å². The van der Waals surface area contributed by atoms with E-state index in [2.05, 4.69) is 39.4 Å². The van der Waals surface area contributed by atoms with E-state index in [1.54, 1.807) is 0 Å². The van der Waals surface area contributed by atoms with Gasteiger partial charge in [-0.15, -0.1) is 0 Å². The molecule has 6 nitrogen and oxygen atoms in total. The van der Waals surface area contributed by atoms with Crippen LogP contribution in [-0.2, 0) is 11.3 Å². The Morgan fingerprint density at radius 3 is 2.60 bits per heavy atom. The maximum atomic E-state index is 12.7. The average Bonchev–Trinajstić information content (AvgIpc) is 3.19. The third-order valence-corrected chi connectivity index (χ3v) is 5.70. The molecule has 1 N–H and O–H groups in total. The number of anilines is 1. The van der Waals surface area contributed by atoms with Crippen LogP contribution in [0.25, 0.3) is 11.4 Å². The smallest absolute Gasteiger partial charge is 0.241 e. The topological polar surface area (TPSA) is 71.3 Å². The first-order valence-electron chi connectivity index (χ1n) is 10.5. The minimum Gasteiger partial charge on any atom is -0.338 e. The van der Waals surface area contributed by atoms with E-state index in [0.29, 0.717) is 18.3 Å². The molecule has 6 heteroatoms. The van der Waals surface area contributed by atoms with Crippen LogP contribution >= 0.6 is 0 Å². The van der Waals surface area contributed by atoms with E-state index >= 15 is 0 Å². The quantitative estimate of drug-likeness (QED) is 0.677. The normalized spacial score (nSPS) is 15.3. The molecule has 0 aliphatic carbocycles. The van der Waals surface area contributed by atoms with E-state index in [4.69, 9.17) is 4.52 Å². The lowest BCUT2D eigenvalue weighted by atomic mass is 9.95. The van der Waals surface area contributed by atoms with Crippen LogP contribution in [-0.4, -0.2) is 34.0 Å². The number of rotatable bonds is 5. The van der Waals surface area contributed by atoms with Gasteiger partial charge in [0.1, 0.15) is 0 Å². The van der Waals surface area contributed by atoms with E-state index in [-0.39, 0.29) is 11.8 Å². The van der Waals surface area contributed by atoms with Gasteiger partial charge < -0.3 is 9.84 Å². The third-order valence-electron chi connectivity index (χ3n) is 5.70. The summed E-state index contributed by atoms with van der Waals surface area (Å²) in [6, 6.07) is 14.2. The zero-order chi connectivity index (χ0) is 21.1. The highest BCUT2D eigenvalue weighted by Gasteiger charge is 2.26. The molecular weight excluding hydrogens is 376 g/mol. The van der Waals surface area contributed by atoms with Crippen molar-refractivity contribution in [2.24, 2.45) is 5.92 Å². The molecule has 0 spiro atoms. The fraction of sp³-hybridized carbons (Fsp3) is 0.375. The number of carbonyl (C=O) groups is 1. The molecule has 30 heavy (non-hydrogen) atoms. The van der Waals surface area contributed by atoms with Gasteiger partial charge in [-0.1, -0.05) is 46.6 Å². The summed E-state index contributed by atoms with van der Waals surface area (Å²) in [7, 11) is 0. The van der Waals surface area contributed by atoms with Crippen molar-refractivity contribution < 1.29 is 9.32 Å². The number of carbonyl (C=O) groups excluding carboxylic acids is 1. The second-order valence-electron chi connectivity index (χ2n) is 8.24. The number of hydrogen-bond acceptors (Lipinski definition) is 5. The van der Waals surface area contributed by atoms with Crippen molar-refractivity contribution in [1.82, 2.24) is 15.0 Å². The standard InChI is InChI=1S/C24H28N4O2/c1-16-5-4-6-20(14-16)23-26-22(30-27-23)15-28-11-9-19(10-12-28)24(29)25-21-8-7-17(2)13-18(21)3/h4-8,13-14,19H,9-12,15H2,1-3H3,(H,25,29). The highest BCUT2D eigenvalue weighted by atomic mass is 16.5. The van der Waals surface area contributed by atoms with Crippen molar-refractivity contribution in [2.45, 2.75) is 40.2 Å². The zero-order valence-corrected chi connectivity index (χ0v) is 17.8. The molecule has 0 saturated carbocycles. The Morgan fingerprint density at radius 2 is 1.87 bits per heavy atom. The van der Waals surface area contributed by atoms with E-state index in [9.17, 15) is 4.79 Å². The number of aromatic nitrogens is 2. The summed E-state index contributed by atoms with van der Waals surface area (Å²) in [6.07, 6.45) is 1.66. The molecule has 0 bridgehead atoms. The van der Waals surface area contributed by atoms with Crippen molar-refractivity contribution in [3.05, 3.63) is 65.0 Å². The zero-order valence-electron chi connectivity index (χ0n) is 17.8. The number of aryl methyl sites for hydroxylation is 3. The second-order valence-corrected chi connectivity index (χ2v) is 8.24. The Hall–Kier alpha value is -2.99. The molecule has 3 aromatic rings. The lowest BCUT2D eigenvalue weighted by Crippen LogP contribution is -2.37. The number of likely N-dealkylation sites (tertiary alicyclic amines) is 1. The molecule has 2 aromatic carbocycles. The molecule has 0 radical (unpaired) electrons. The van der Waals surface area contributed by atoms with Crippen LogP contribution in [0.2, 0.25) is 0 Å². The molecule has 1 saturated heterocycles. The minimum atomic E-state index is 0.0347. The Morgan fingerprint density at radius 1 is 1.10 bits per heavy atom. The van der Waals surface area contributed by atoms with Crippen molar-refractivity contribution in [2.75, 3.05) is 18.4 Å². The van der Waals surface area contributed by atoms with Gasteiger partial charge in [0.05, 0.1) is 6.54 Å². The van der Waals surface area contributed by atoms with Gasteiger partial charge in [0, 0.05) is 17.2 Å². The summed E-state index contributed by atoms with van der Waals surface area (Å²) in [5.41, 5.74) is 5.33. The van der Waals surface area contributed by atoms with Crippen molar-refractivity contribution in [1.29, 1.82) is 0 Å². The van der Waals surface area contributed by atoms with Crippen molar-refractivity contribution >= 4 is 11.6 Å². The predicted molar refractivity (Wildman–Crippen MR) is 117 cm³/mol. The van der Waals surface area contributed by atoms with Gasteiger partial charge in [-0.2, -0.15) is 4.98 Å². The van der Waals surface area contributed by atoms with Crippen LogP contribution < -0.4 is 5.32 Å². The lowest BCUT2D eigenvalue weighted by molar-refractivity contribution is -0.121. The highest BCUT2D eigenvalue weighted by Crippen LogP contribution is 2.23. The first-order valence-corrected chi connectivity index (χ1v) is 10.5. The fourth-order valence-electron chi connectivity index (χ4n) is 3.95. The Bertz CT molecular complexity index is 1040. The number of benzene rings is 2. The van der Waals surface area contributed by atoms with Crippen LogP contribution in [0, 0.1) is 26.7 Å². The van der Waals surface area contributed by atoms with Gasteiger partial charge >= 0.3 is 0 Å². The molecule has 1 aliphatic heterocycles. The largest absolute Gasteiger partial charge is 0.338 e. The molecule has 0 atom stereocenters. The number of nitrogens with one attached hydrogen (secondary N) is 1. The molecule has 156 valence electrons. The SMILES string of the molecule is Cc1cccc(-c2noc(CN3CCC(C(=O)Nc4ccc(C)cc4C)CC3)n2)c1. The number of piperidine rings is 1. The molecule has 4 rings (SSSR count). The van der Waals surface area contributed by atoms with E-state index in [0.717, 1.165) is 42.7 Å². The molecule has 1 aromatic heterocycles. The number of nitrogens with zero attached hydrogens (tertiary/aromatic N) is 3. The molecular formula is C24H28N4O2. The van der Waals surface area contributed by atoms with Crippen LogP contribution in [0.3, 0.4) is 0 Å². The lowest BCUT2D eigenvalue weighted by Gasteiger charge is -2.30. The van der Waals surface area contributed by atoms with E-state index < -0.39 is 0 Å². The van der Waals surface area contributed by atoms with Crippen LogP contribution in [0.5, 0.6) is 0 Å². The minimum absolute atomic E-state index is 0.0347. The summed E-state index contributed by atoms with van der Waals surface area (Å²) >= 11 is 0. The predicted octanol–water partition coefficient (Wildman–Crippen LogP) is 4.51. The second kappa shape index (κ2) is 8.79. The maximum Gasteiger partial charge on any atom is 0.241 e. The molecule has 1 aliphatic rings. The van der Waals surface area contributed by atoms with Crippen LogP contribution in [0.4, 0.5) is 5.69 Å². The van der Waals surface area contributed by atoms with Gasteiger partial charge in [0.25, 0.3) is 0 Å². The summed E-state index contributed by atoms with van der Waals surface area (Å²) in [4.78, 5) is 19.5. The average molecular weight is 405 g/mol. The van der Waals surface area contributed by atoms with Gasteiger partial charge in [-0.05, 0) is 64.4 Å². The fourth-order valence-corrected chi connectivity index (χ4v) is 3.95. The summed E-state index contributed by atoms with van der Waals surface area (Å²) in [5.74, 6) is 1.38. The van der Waals surface area contributed by atoms with Gasteiger partial charge in [0.2, 0.25) is 17.6 Å². The summed E-state index contributed by atoms with van der Waals surface area (Å²) < 4.78 is 5.46. The Balaban J connectivity index is 1.30. The molecule has 2 heterocycles. The third kappa shape index (κ3) is 4.76. The Kier molecular flexibility index (Phi) is 5.95. The molecule has 0 unspecified atom stereocenters. The summed E-state index contributed by atoms with van der Waals surface area (Å²) in [6.45, 7) is 8.43. The molecule has 1 amide bonds. The molecule has 1 fully saturated rings. The summed E-state index contributed by atoms with van der Waals surface area (Å²) in [5, 5.41) is 7.22. The first kappa shape index (κ1) is 20.3. The number of hydrogen-bond donors (Lipinski definition) is 1. The maximum absolute atomic E-state index is 12.7. The monoisotopic (exact) mass is 404 g/mol. The van der Waals surface area contributed by atoms with Gasteiger partial charge in [-0.3, -0.25) is 9.69 Å². The van der Waals surface area contributed by atoms with E-state index in [1.807, 2.05) is 44.2 Å². The Labute approximate surface area is 177 Å². The van der Waals surface area contributed by atoms with Crippen LogP contribution in [0.1, 0.15) is 35.4 Å². The first-order chi connectivity index (χ1) is 14.5. The van der Waals surface area contributed by atoms with Crippen LogP contribution in [0.15, 0.2) is 47.0 Å². The van der Waals surface area contributed by atoms with Crippen molar-refractivity contribution in [3.63, 3.8) is 0 Å².